The predicted octanol–water partition coefficient (Wildman–Crippen LogP) is 3.84. The van der Waals surface area contributed by atoms with Crippen LogP contribution in [-0.2, 0) is 6.42 Å². The first-order valence-electron chi connectivity index (χ1n) is 5.74. The highest BCUT2D eigenvalue weighted by Crippen LogP contribution is 2.23. The zero-order valence-corrected chi connectivity index (χ0v) is 10.7. The van der Waals surface area contributed by atoms with Crippen LogP contribution < -0.4 is 0 Å². The van der Waals surface area contributed by atoms with Gasteiger partial charge in [0.25, 0.3) is 0 Å². The summed E-state index contributed by atoms with van der Waals surface area (Å²) in [5.74, 6) is -0.188. The quantitative estimate of drug-likeness (QED) is 0.852. The molecule has 0 aliphatic rings. The van der Waals surface area contributed by atoms with Crippen LogP contribution in [0, 0.1) is 0 Å². The number of halogens is 1. The fourth-order valence-electron chi connectivity index (χ4n) is 1.74. The van der Waals surface area contributed by atoms with Gasteiger partial charge in [-0.3, -0.25) is 4.79 Å². The maximum absolute atomic E-state index is 12.2. The zero-order valence-electron chi connectivity index (χ0n) is 9.98. The summed E-state index contributed by atoms with van der Waals surface area (Å²) in [6.07, 6.45) is 0.821. The number of carbonyl (C=O) groups excluding carboxylic acids is 1. The minimum Gasteiger partial charge on any atom is -0.507 e. The molecule has 0 unspecified atom stereocenters. The van der Waals surface area contributed by atoms with E-state index >= 15 is 0 Å². The van der Waals surface area contributed by atoms with Gasteiger partial charge in [-0.15, -0.1) is 0 Å². The Kier molecular flexibility index (Phi) is 3.68. The highest BCUT2D eigenvalue weighted by atomic mass is 35.5. The van der Waals surface area contributed by atoms with Gasteiger partial charge < -0.3 is 5.11 Å². The molecule has 0 amide bonds. The van der Waals surface area contributed by atoms with E-state index in [0.29, 0.717) is 16.1 Å². The van der Waals surface area contributed by atoms with Gasteiger partial charge in [0.2, 0.25) is 0 Å². The molecule has 0 fully saturated rings. The van der Waals surface area contributed by atoms with Crippen LogP contribution in [0.1, 0.15) is 28.4 Å². The van der Waals surface area contributed by atoms with E-state index in [4.69, 9.17) is 11.6 Å². The summed E-state index contributed by atoms with van der Waals surface area (Å²) >= 11 is 5.78. The van der Waals surface area contributed by atoms with Crippen LogP contribution in [0.2, 0.25) is 5.02 Å². The molecule has 0 saturated carbocycles. The van der Waals surface area contributed by atoms with E-state index in [1.54, 1.807) is 36.4 Å². The van der Waals surface area contributed by atoms with E-state index in [2.05, 4.69) is 0 Å². The number of ketones is 1. The topological polar surface area (TPSA) is 37.3 Å². The third-order valence-electron chi connectivity index (χ3n) is 2.82. The molecule has 0 radical (unpaired) electrons. The third kappa shape index (κ3) is 2.54. The van der Waals surface area contributed by atoms with Gasteiger partial charge in [-0.1, -0.05) is 24.6 Å². The second kappa shape index (κ2) is 5.23. The first-order valence-corrected chi connectivity index (χ1v) is 6.11. The molecule has 0 heterocycles. The van der Waals surface area contributed by atoms with Gasteiger partial charge >= 0.3 is 0 Å². The Bertz CT molecular complexity index is 574. The Morgan fingerprint density at radius 2 is 1.83 bits per heavy atom. The molecule has 1 N–H and O–H groups in total. The van der Waals surface area contributed by atoms with Gasteiger partial charge in [-0.25, -0.2) is 0 Å². The predicted molar refractivity (Wildman–Crippen MR) is 72.4 cm³/mol. The van der Waals surface area contributed by atoms with Crippen molar-refractivity contribution in [3.05, 3.63) is 64.2 Å². The van der Waals surface area contributed by atoms with Gasteiger partial charge in [0, 0.05) is 10.6 Å². The lowest BCUT2D eigenvalue weighted by Gasteiger charge is -2.06. The van der Waals surface area contributed by atoms with Crippen LogP contribution >= 0.6 is 11.6 Å². The molecule has 2 aromatic rings. The number of rotatable bonds is 3. The molecule has 18 heavy (non-hydrogen) atoms. The van der Waals surface area contributed by atoms with E-state index < -0.39 is 0 Å². The molecule has 0 atom stereocenters. The van der Waals surface area contributed by atoms with Crippen LogP contribution in [0.5, 0.6) is 5.75 Å². The molecule has 2 aromatic carbocycles. The van der Waals surface area contributed by atoms with Gasteiger partial charge in [0.1, 0.15) is 5.75 Å². The lowest BCUT2D eigenvalue weighted by molar-refractivity contribution is 0.103. The van der Waals surface area contributed by atoms with Gasteiger partial charge in [-0.2, -0.15) is 0 Å². The normalized spacial score (nSPS) is 10.3. The van der Waals surface area contributed by atoms with Crippen molar-refractivity contribution in [1.29, 1.82) is 0 Å². The summed E-state index contributed by atoms with van der Waals surface area (Å²) in [5, 5.41) is 10.4. The minimum atomic E-state index is -0.195. The standard InChI is InChI=1S/C15H13ClO2/c1-2-10-3-8-14(17)13(9-10)15(18)11-4-6-12(16)7-5-11/h3-9,17H,2H2,1H3. The summed E-state index contributed by atoms with van der Waals surface area (Å²) in [6.45, 7) is 2.00. The number of carbonyl (C=O) groups is 1. The average Bonchev–Trinajstić information content (AvgIpc) is 2.39. The fraction of sp³-hybridized carbons (Fsp3) is 0.133. The molecular weight excluding hydrogens is 248 g/mol. The molecule has 0 bridgehead atoms. The monoisotopic (exact) mass is 260 g/mol. The van der Waals surface area contributed by atoms with Crippen molar-refractivity contribution in [2.45, 2.75) is 13.3 Å². The SMILES string of the molecule is CCc1ccc(O)c(C(=O)c2ccc(Cl)cc2)c1. The highest BCUT2D eigenvalue weighted by Gasteiger charge is 2.13. The number of aryl methyl sites for hydroxylation is 1. The van der Waals surface area contributed by atoms with Crippen LogP contribution in [0.3, 0.4) is 0 Å². The van der Waals surface area contributed by atoms with Crippen molar-refractivity contribution in [2.24, 2.45) is 0 Å². The van der Waals surface area contributed by atoms with Crippen molar-refractivity contribution in [3.63, 3.8) is 0 Å². The van der Waals surface area contributed by atoms with Gasteiger partial charge in [-0.05, 0) is 48.4 Å². The summed E-state index contributed by atoms with van der Waals surface area (Å²) in [7, 11) is 0. The second-order valence-corrected chi connectivity index (χ2v) is 4.48. The van der Waals surface area contributed by atoms with Gasteiger partial charge in [0.15, 0.2) is 5.78 Å². The summed E-state index contributed by atoms with van der Waals surface area (Å²) in [5.41, 5.74) is 1.87. The molecule has 0 aromatic heterocycles. The molecule has 3 heteroatoms. The van der Waals surface area contributed by atoms with E-state index in [-0.39, 0.29) is 11.5 Å². The van der Waals surface area contributed by atoms with Crippen molar-refractivity contribution in [1.82, 2.24) is 0 Å². The minimum absolute atomic E-state index is 0.00662. The lowest BCUT2D eigenvalue weighted by atomic mass is 9.99. The summed E-state index contributed by atoms with van der Waals surface area (Å²) < 4.78 is 0. The van der Waals surface area contributed by atoms with E-state index in [1.807, 2.05) is 13.0 Å². The highest BCUT2D eigenvalue weighted by molar-refractivity contribution is 6.30. The molecule has 92 valence electrons. The maximum Gasteiger partial charge on any atom is 0.196 e. The summed E-state index contributed by atoms with van der Waals surface area (Å²) in [4.78, 5) is 12.2. The number of benzene rings is 2. The van der Waals surface area contributed by atoms with Crippen LogP contribution in [0.4, 0.5) is 0 Å². The van der Waals surface area contributed by atoms with Crippen LogP contribution in [0.15, 0.2) is 42.5 Å². The summed E-state index contributed by atoms with van der Waals surface area (Å²) in [6, 6.07) is 11.7. The van der Waals surface area contributed by atoms with Crippen LogP contribution in [-0.4, -0.2) is 10.9 Å². The number of phenolic OH excluding ortho intramolecular Hbond substituents is 1. The smallest absolute Gasteiger partial charge is 0.196 e. The first kappa shape index (κ1) is 12.7. The fourth-order valence-corrected chi connectivity index (χ4v) is 1.87. The molecule has 2 rings (SSSR count). The van der Waals surface area contributed by atoms with Crippen LogP contribution in [0.25, 0.3) is 0 Å². The molecule has 0 spiro atoms. The van der Waals surface area contributed by atoms with E-state index in [1.165, 1.54) is 0 Å². The van der Waals surface area contributed by atoms with Crippen molar-refractivity contribution < 1.29 is 9.90 Å². The Balaban J connectivity index is 2.42. The van der Waals surface area contributed by atoms with Crippen molar-refractivity contribution in [3.8, 4) is 5.75 Å². The van der Waals surface area contributed by atoms with Gasteiger partial charge in [0.05, 0.1) is 5.56 Å². The van der Waals surface area contributed by atoms with E-state index in [0.717, 1.165) is 12.0 Å². The van der Waals surface area contributed by atoms with E-state index in [9.17, 15) is 9.90 Å². The molecule has 0 aliphatic heterocycles. The lowest BCUT2D eigenvalue weighted by Crippen LogP contribution is -2.02. The number of phenols is 1. The second-order valence-electron chi connectivity index (χ2n) is 4.04. The Hall–Kier alpha value is -1.80. The molecule has 0 aliphatic carbocycles. The average molecular weight is 261 g/mol. The molecule has 0 saturated heterocycles. The molecule has 2 nitrogen and oxygen atoms in total. The Morgan fingerprint density at radius 1 is 1.17 bits per heavy atom. The first-order chi connectivity index (χ1) is 8.61. The largest absolute Gasteiger partial charge is 0.507 e. The third-order valence-corrected chi connectivity index (χ3v) is 3.07. The number of hydrogen-bond acceptors (Lipinski definition) is 2. The van der Waals surface area contributed by atoms with Crippen molar-refractivity contribution in [2.75, 3.05) is 0 Å². The maximum atomic E-state index is 12.2. The zero-order chi connectivity index (χ0) is 13.1. The van der Waals surface area contributed by atoms with Crippen molar-refractivity contribution >= 4 is 17.4 Å². The molecular formula is C15H13ClO2. The number of hydrogen-bond donors (Lipinski definition) is 1. The Labute approximate surface area is 111 Å². The Morgan fingerprint density at radius 3 is 2.44 bits per heavy atom. The number of aromatic hydroxyl groups is 1.